The third kappa shape index (κ3) is 3.17. The maximum absolute atomic E-state index is 11.7. The summed E-state index contributed by atoms with van der Waals surface area (Å²) in [5.74, 6) is 0. The summed E-state index contributed by atoms with van der Waals surface area (Å²) in [6, 6.07) is 40.6. The summed E-state index contributed by atoms with van der Waals surface area (Å²) in [5, 5.41) is 11.7. The number of benzene rings is 5. The lowest BCUT2D eigenvalue weighted by atomic mass is 9.67. The zero-order valence-corrected chi connectivity index (χ0v) is 20.3. The van der Waals surface area contributed by atoms with Crippen LogP contribution in [0.5, 0.6) is 0 Å². The number of nitro benzene ring substituents is 1. The lowest BCUT2D eigenvalue weighted by molar-refractivity contribution is -0.384. The number of fused-ring (bicyclic) bond motifs is 3. The minimum atomic E-state index is -0.519. The Morgan fingerprint density at radius 3 is 1.89 bits per heavy atom. The summed E-state index contributed by atoms with van der Waals surface area (Å²) < 4.78 is 1.03. The SMILES string of the molecule is O=[N+]([O-])c1ccccc1-c1ccc2c(c1)-c1cccc(Br)c1C2(c1ccccc1)c1ccccc1. The molecular weight excluding hydrogens is 498 g/mol. The van der Waals surface area contributed by atoms with Crippen molar-refractivity contribution in [2.75, 3.05) is 0 Å². The van der Waals surface area contributed by atoms with Gasteiger partial charge in [0.05, 0.1) is 15.9 Å². The van der Waals surface area contributed by atoms with Gasteiger partial charge in [-0.25, -0.2) is 0 Å². The number of halogens is 1. The standard InChI is InChI=1S/C31H20BrNO2/c32-28-16-9-15-25-26-20-21(24-14-7-8-17-29(24)33(34)35)18-19-27(26)31(30(25)28,22-10-3-1-4-11-22)23-12-5-2-6-13-23/h1-20H. The van der Waals surface area contributed by atoms with E-state index in [1.165, 1.54) is 22.3 Å². The molecule has 0 fully saturated rings. The van der Waals surface area contributed by atoms with Gasteiger partial charge in [-0.2, -0.15) is 0 Å². The first-order chi connectivity index (χ1) is 17.1. The molecule has 0 aliphatic heterocycles. The van der Waals surface area contributed by atoms with Crippen molar-refractivity contribution in [3.05, 3.63) is 158 Å². The quantitative estimate of drug-likeness (QED) is 0.174. The van der Waals surface area contributed by atoms with Crippen molar-refractivity contribution in [1.82, 2.24) is 0 Å². The second kappa shape index (κ2) is 8.33. The van der Waals surface area contributed by atoms with Gasteiger partial charge in [0.15, 0.2) is 0 Å². The van der Waals surface area contributed by atoms with Crippen molar-refractivity contribution in [1.29, 1.82) is 0 Å². The Hall–Kier alpha value is -4.02. The molecule has 5 aromatic carbocycles. The van der Waals surface area contributed by atoms with Crippen LogP contribution in [-0.4, -0.2) is 4.92 Å². The zero-order valence-electron chi connectivity index (χ0n) is 18.7. The molecule has 0 saturated heterocycles. The van der Waals surface area contributed by atoms with Crippen LogP contribution >= 0.6 is 15.9 Å². The number of rotatable bonds is 4. The summed E-state index contributed by atoms with van der Waals surface area (Å²) in [5.41, 5.74) is 7.96. The van der Waals surface area contributed by atoms with E-state index in [1.54, 1.807) is 12.1 Å². The lowest BCUT2D eigenvalue weighted by Gasteiger charge is -2.34. The molecular formula is C31H20BrNO2. The fraction of sp³-hybridized carbons (Fsp3) is 0.0323. The monoisotopic (exact) mass is 517 g/mol. The summed E-state index contributed by atoms with van der Waals surface area (Å²) in [4.78, 5) is 11.4. The van der Waals surface area contributed by atoms with E-state index in [0.29, 0.717) is 5.56 Å². The molecule has 0 heterocycles. The van der Waals surface area contributed by atoms with Crippen LogP contribution in [0, 0.1) is 10.1 Å². The second-order valence-corrected chi connectivity index (χ2v) is 9.53. The van der Waals surface area contributed by atoms with E-state index in [2.05, 4.69) is 94.8 Å². The fourth-order valence-corrected chi connectivity index (χ4v) is 6.21. The summed E-state index contributed by atoms with van der Waals surface area (Å²) >= 11 is 3.88. The molecule has 6 rings (SSSR count). The van der Waals surface area contributed by atoms with E-state index >= 15 is 0 Å². The average Bonchev–Trinajstić information content (AvgIpc) is 3.21. The van der Waals surface area contributed by atoms with Gasteiger partial charge < -0.3 is 0 Å². The second-order valence-electron chi connectivity index (χ2n) is 8.68. The molecule has 0 N–H and O–H groups in total. The Kier molecular flexibility index (Phi) is 5.12. The van der Waals surface area contributed by atoms with Crippen LogP contribution in [0.1, 0.15) is 22.3 Å². The van der Waals surface area contributed by atoms with Crippen LogP contribution in [0.25, 0.3) is 22.3 Å². The van der Waals surface area contributed by atoms with Gasteiger partial charge in [0.1, 0.15) is 0 Å². The van der Waals surface area contributed by atoms with Gasteiger partial charge in [0.2, 0.25) is 0 Å². The summed E-state index contributed by atoms with van der Waals surface area (Å²) in [6.07, 6.45) is 0. The minimum absolute atomic E-state index is 0.109. The van der Waals surface area contributed by atoms with E-state index < -0.39 is 5.41 Å². The van der Waals surface area contributed by atoms with Crippen LogP contribution in [0.2, 0.25) is 0 Å². The van der Waals surface area contributed by atoms with Crippen molar-refractivity contribution in [2.24, 2.45) is 0 Å². The normalized spacial score (nSPS) is 13.2. The van der Waals surface area contributed by atoms with Gasteiger partial charge in [0.25, 0.3) is 5.69 Å². The zero-order chi connectivity index (χ0) is 24.0. The van der Waals surface area contributed by atoms with E-state index in [0.717, 1.165) is 21.2 Å². The molecule has 0 atom stereocenters. The Morgan fingerprint density at radius 1 is 0.629 bits per heavy atom. The first-order valence-corrected chi connectivity index (χ1v) is 12.2. The molecule has 1 aliphatic rings. The van der Waals surface area contributed by atoms with Gasteiger partial charge in [-0.1, -0.05) is 113 Å². The highest BCUT2D eigenvalue weighted by atomic mass is 79.9. The van der Waals surface area contributed by atoms with Crippen LogP contribution in [0.3, 0.4) is 0 Å². The molecule has 168 valence electrons. The van der Waals surface area contributed by atoms with Gasteiger partial charge >= 0.3 is 0 Å². The van der Waals surface area contributed by atoms with Crippen molar-refractivity contribution < 1.29 is 4.92 Å². The van der Waals surface area contributed by atoms with Crippen molar-refractivity contribution in [3.8, 4) is 22.3 Å². The number of hydrogen-bond acceptors (Lipinski definition) is 2. The first kappa shape index (κ1) is 21.5. The molecule has 1 aliphatic carbocycles. The Bertz CT molecular complexity index is 1540. The molecule has 35 heavy (non-hydrogen) atoms. The van der Waals surface area contributed by atoms with Crippen molar-refractivity contribution >= 4 is 21.6 Å². The smallest absolute Gasteiger partial charge is 0.258 e. The van der Waals surface area contributed by atoms with Gasteiger partial charge in [-0.05, 0) is 57.1 Å². The molecule has 0 spiro atoms. The molecule has 4 heteroatoms. The van der Waals surface area contributed by atoms with Gasteiger partial charge in [-0.15, -0.1) is 0 Å². The molecule has 0 saturated carbocycles. The highest BCUT2D eigenvalue weighted by molar-refractivity contribution is 9.10. The molecule has 0 bridgehead atoms. The van der Waals surface area contributed by atoms with E-state index in [4.69, 9.17) is 0 Å². The van der Waals surface area contributed by atoms with Crippen LogP contribution in [0.4, 0.5) is 5.69 Å². The minimum Gasteiger partial charge on any atom is -0.258 e. The van der Waals surface area contributed by atoms with Crippen LogP contribution < -0.4 is 0 Å². The Balaban J connectivity index is 1.72. The third-order valence-corrected chi connectivity index (χ3v) is 7.59. The van der Waals surface area contributed by atoms with E-state index in [1.807, 2.05) is 30.3 Å². The lowest BCUT2D eigenvalue weighted by Crippen LogP contribution is -2.28. The topological polar surface area (TPSA) is 43.1 Å². The molecule has 3 nitrogen and oxygen atoms in total. The number of nitro groups is 1. The maximum atomic E-state index is 11.7. The number of para-hydroxylation sites is 1. The highest BCUT2D eigenvalue weighted by Gasteiger charge is 2.47. The molecule has 0 unspecified atom stereocenters. The number of hydrogen-bond donors (Lipinski definition) is 0. The Labute approximate surface area is 212 Å². The summed E-state index contributed by atoms with van der Waals surface area (Å²) in [7, 11) is 0. The van der Waals surface area contributed by atoms with Crippen molar-refractivity contribution in [3.63, 3.8) is 0 Å². The predicted octanol–water partition coefficient (Wildman–Crippen LogP) is 8.39. The van der Waals surface area contributed by atoms with Crippen LogP contribution in [-0.2, 0) is 5.41 Å². The Morgan fingerprint density at radius 2 is 1.23 bits per heavy atom. The van der Waals surface area contributed by atoms with Gasteiger partial charge in [0, 0.05) is 10.5 Å². The van der Waals surface area contributed by atoms with Crippen LogP contribution in [0.15, 0.2) is 126 Å². The van der Waals surface area contributed by atoms with Crippen molar-refractivity contribution in [2.45, 2.75) is 5.41 Å². The average molecular weight is 518 g/mol. The molecule has 5 aromatic rings. The highest BCUT2D eigenvalue weighted by Crippen LogP contribution is 2.58. The fourth-order valence-electron chi connectivity index (χ4n) is 5.55. The maximum Gasteiger partial charge on any atom is 0.277 e. The van der Waals surface area contributed by atoms with Gasteiger partial charge in [-0.3, -0.25) is 10.1 Å². The predicted molar refractivity (Wildman–Crippen MR) is 144 cm³/mol. The van der Waals surface area contributed by atoms with E-state index in [9.17, 15) is 10.1 Å². The summed E-state index contributed by atoms with van der Waals surface area (Å²) in [6.45, 7) is 0. The number of nitrogens with zero attached hydrogens (tertiary/aromatic N) is 1. The molecule has 0 amide bonds. The largest absolute Gasteiger partial charge is 0.277 e. The first-order valence-electron chi connectivity index (χ1n) is 11.4. The molecule has 0 radical (unpaired) electrons. The third-order valence-electron chi connectivity index (χ3n) is 6.93. The van der Waals surface area contributed by atoms with E-state index in [-0.39, 0.29) is 10.6 Å². The molecule has 0 aromatic heterocycles.